The summed E-state index contributed by atoms with van der Waals surface area (Å²) in [6, 6.07) is 10.4. The van der Waals surface area contributed by atoms with E-state index in [1.54, 1.807) is 4.90 Å². The topological polar surface area (TPSA) is 46.3 Å². The number of carbonyl (C=O) groups excluding carboxylic acids is 1. The minimum absolute atomic E-state index is 0.132. The van der Waals surface area contributed by atoms with E-state index in [2.05, 4.69) is 24.3 Å². The van der Waals surface area contributed by atoms with Crippen LogP contribution >= 0.6 is 0 Å². The zero-order valence-corrected chi connectivity index (χ0v) is 12.4. The molecule has 0 aliphatic heterocycles. The Morgan fingerprint density at radius 3 is 2.42 bits per heavy atom. The molecule has 0 atom stereocenters. The van der Waals surface area contributed by atoms with Crippen molar-refractivity contribution in [3.8, 4) is 0 Å². The Morgan fingerprint density at radius 1 is 1.21 bits per heavy atom. The first-order chi connectivity index (χ1) is 8.88. The molecule has 3 heteroatoms. The van der Waals surface area contributed by atoms with E-state index in [0.29, 0.717) is 6.42 Å². The maximum atomic E-state index is 11.9. The minimum atomic E-state index is -0.421. The first-order valence-corrected chi connectivity index (χ1v) is 6.95. The number of amides is 1. The highest BCUT2D eigenvalue weighted by molar-refractivity contribution is 5.76. The van der Waals surface area contributed by atoms with Gasteiger partial charge in [-0.1, -0.05) is 30.3 Å². The van der Waals surface area contributed by atoms with Gasteiger partial charge in [-0.05, 0) is 38.7 Å². The summed E-state index contributed by atoms with van der Waals surface area (Å²) in [5, 5.41) is 0. The van der Waals surface area contributed by atoms with Crippen LogP contribution in [0.5, 0.6) is 0 Å². The summed E-state index contributed by atoms with van der Waals surface area (Å²) in [6.07, 6.45) is 3.61. The van der Waals surface area contributed by atoms with Gasteiger partial charge in [-0.3, -0.25) is 4.79 Å². The van der Waals surface area contributed by atoms with Crippen LogP contribution in [-0.2, 0) is 11.2 Å². The van der Waals surface area contributed by atoms with Crippen molar-refractivity contribution in [3.63, 3.8) is 0 Å². The third kappa shape index (κ3) is 6.97. The highest BCUT2D eigenvalue weighted by atomic mass is 16.2. The van der Waals surface area contributed by atoms with Crippen LogP contribution < -0.4 is 5.73 Å². The van der Waals surface area contributed by atoms with Crippen LogP contribution in [0.25, 0.3) is 0 Å². The molecule has 3 nitrogen and oxygen atoms in total. The van der Waals surface area contributed by atoms with Crippen LogP contribution in [0, 0.1) is 0 Å². The molecule has 0 aliphatic carbocycles. The van der Waals surface area contributed by atoms with E-state index >= 15 is 0 Å². The summed E-state index contributed by atoms with van der Waals surface area (Å²) in [6.45, 7) is 4.57. The highest BCUT2D eigenvalue weighted by Crippen LogP contribution is 2.08. The van der Waals surface area contributed by atoms with Gasteiger partial charge < -0.3 is 10.6 Å². The molecule has 0 aliphatic rings. The lowest BCUT2D eigenvalue weighted by Crippen LogP contribution is -2.40. The molecule has 0 radical (unpaired) electrons. The Kier molecular flexibility index (Phi) is 6.03. The first kappa shape index (κ1) is 15.7. The number of carbonyl (C=O) groups is 1. The number of hydrogen-bond donors (Lipinski definition) is 1. The molecule has 0 saturated heterocycles. The van der Waals surface area contributed by atoms with Crippen molar-refractivity contribution >= 4 is 5.91 Å². The Balaban J connectivity index is 2.20. The molecule has 0 unspecified atom stereocenters. The van der Waals surface area contributed by atoms with Crippen LogP contribution in [0.3, 0.4) is 0 Å². The van der Waals surface area contributed by atoms with Crippen LogP contribution in [0.2, 0.25) is 0 Å². The van der Waals surface area contributed by atoms with Gasteiger partial charge in [-0.15, -0.1) is 0 Å². The fourth-order valence-corrected chi connectivity index (χ4v) is 1.97. The summed E-state index contributed by atoms with van der Waals surface area (Å²) in [5.74, 6) is 0.132. The second-order valence-electron chi connectivity index (χ2n) is 5.92. The van der Waals surface area contributed by atoms with Crippen molar-refractivity contribution in [2.24, 2.45) is 5.73 Å². The molecule has 1 rings (SSSR count). The molecule has 1 aromatic carbocycles. The van der Waals surface area contributed by atoms with Gasteiger partial charge in [0.15, 0.2) is 0 Å². The Morgan fingerprint density at radius 2 is 1.84 bits per heavy atom. The smallest absolute Gasteiger partial charge is 0.224 e. The van der Waals surface area contributed by atoms with Gasteiger partial charge >= 0.3 is 0 Å². The molecule has 1 aromatic rings. The average molecular weight is 262 g/mol. The summed E-state index contributed by atoms with van der Waals surface area (Å²) in [4.78, 5) is 13.7. The van der Waals surface area contributed by atoms with Gasteiger partial charge in [-0.2, -0.15) is 0 Å². The van der Waals surface area contributed by atoms with Gasteiger partial charge in [0.05, 0.1) is 0 Å². The van der Waals surface area contributed by atoms with E-state index in [1.165, 1.54) is 5.56 Å². The Labute approximate surface area is 116 Å². The monoisotopic (exact) mass is 262 g/mol. The van der Waals surface area contributed by atoms with Crippen LogP contribution in [0.4, 0.5) is 0 Å². The number of hydrogen-bond acceptors (Lipinski definition) is 2. The molecule has 0 bridgehead atoms. The van der Waals surface area contributed by atoms with E-state index in [4.69, 9.17) is 5.73 Å². The predicted molar refractivity (Wildman–Crippen MR) is 79.9 cm³/mol. The van der Waals surface area contributed by atoms with Crippen molar-refractivity contribution in [2.45, 2.75) is 45.1 Å². The minimum Gasteiger partial charge on any atom is -0.346 e. The zero-order valence-electron chi connectivity index (χ0n) is 12.4. The second kappa shape index (κ2) is 7.29. The van der Waals surface area contributed by atoms with Crippen LogP contribution in [-0.4, -0.2) is 29.9 Å². The van der Waals surface area contributed by atoms with Crippen molar-refractivity contribution in [2.75, 3.05) is 13.6 Å². The molecule has 0 aromatic heterocycles. The highest BCUT2D eigenvalue weighted by Gasteiger charge is 2.18. The van der Waals surface area contributed by atoms with Crippen molar-refractivity contribution in [1.82, 2.24) is 4.90 Å². The SMILES string of the molecule is CN(CCCCc1ccccc1)C(=O)CC(C)(C)N. The average Bonchev–Trinajstić information content (AvgIpc) is 2.33. The lowest BCUT2D eigenvalue weighted by atomic mass is 10.0. The molecule has 0 fully saturated rings. The number of aryl methyl sites for hydroxylation is 1. The van der Waals surface area contributed by atoms with Gasteiger partial charge in [-0.25, -0.2) is 0 Å². The molecular formula is C16H26N2O. The lowest BCUT2D eigenvalue weighted by molar-refractivity contribution is -0.130. The Hall–Kier alpha value is -1.35. The number of unbranched alkanes of at least 4 members (excludes halogenated alkanes) is 1. The summed E-state index contributed by atoms with van der Waals surface area (Å²) in [7, 11) is 1.86. The molecule has 2 N–H and O–H groups in total. The predicted octanol–water partition coefficient (Wildman–Crippen LogP) is 2.60. The van der Waals surface area contributed by atoms with E-state index in [1.807, 2.05) is 27.0 Å². The molecule has 0 saturated carbocycles. The zero-order chi connectivity index (χ0) is 14.3. The summed E-state index contributed by atoms with van der Waals surface area (Å²) < 4.78 is 0. The second-order valence-corrected chi connectivity index (χ2v) is 5.92. The largest absolute Gasteiger partial charge is 0.346 e. The van der Waals surface area contributed by atoms with Crippen molar-refractivity contribution in [1.29, 1.82) is 0 Å². The molecule has 1 amide bonds. The van der Waals surface area contributed by atoms with Gasteiger partial charge in [0.2, 0.25) is 5.91 Å². The summed E-state index contributed by atoms with van der Waals surface area (Å²) in [5.41, 5.74) is 6.80. The van der Waals surface area contributed by atoms with Crippen molar-refractivity contribution in [3.05, 3.63) is 35.9 Å². The standard InChI is InChI=1S/C16H26N2O/c1-16(2,17)13-15(19)18(3)12-8-7-11-14-9-5-4-6-10-14/h4-6,9-10H,7-8,11-13,17H2,1-3H3. The maximum Gasteiger partial charge on any atom is 0.224 e. The van der Waals surface area contributed by atoms with Crippen LogP contribution in [0.1, 0.15) is 38.7 Å². The Bertz CT molecular complexity index is 381. The van der Waals surface area contributed by atoms with Crippen molar-refractivity contribution < 1.29 is 4.79 Å². The molecule has 0 spiro atoms. The summed E-state index contributed by atoms with van der Waals surface area (Å²) >= 11 is 0. The van der Waals surface area contributed by atoms with E-state index in [0.717, 1.165) is 25.8 Å². The third-order valence-corrected chi connectivity index (χ3v) is 3.08. The van der Waals surface area contributed by atoms with Gasteiger partial charge in [0, 0.05) is 25.6 Å². The third-order valence-electron chi connectivity index (χ3n) is 3.08. The van der Waals surface area contributed by atoms with E-state index in [-0.39, 0.29) is 5.91 Å². The van der Waals surface area contributed by atoms with Crippen LogP contribution in [0.15, 0.2) is 30.3 Å². The maximum absolute atomic E-state index is 11.9. The fraction of sp³-hybridized carbons (Fsp3) is 0.562. The molecular weight excluding hydrogens is 236 g/mol. The van der Waals surface area contributed by atoms with Gasteiger partial charge in [0.25, 0.3) is 0 Å². The number of rotatable bonds is 7. The number of nitrogens with two attached hydrogens (primary N) is 1. The quantitative estimate of drug-likeness (QED) is 0.768. The fourth-order valence-electron chi connectivity index (χ4n) is 1.97. The molecule has 0 heterocycles. The normalized spacial score (nSPS) is 11.4. The lowest BCUT2D eigenvalue weighted by Gasteiger charge is -2.23. The number of nitrogens with zero attached hydrogens (tertiary/aromatic N) is 1. The van der Waals surface area contributed by atoms with Gasteiger partial charge in [0.1, 0.15) is 0 Å². The number of benzene rings is 1. The first-order valence-electron chi connectivity index (χ1n) is 6.95. The molecule has 19 heavy (non-hydrogen) atoms. The van der Waals surface area contributed by atoms with E-state index in [9.17, 15) is 4.79 Å². The van der Waals surface area contributed by atoms with E-state index < -0.39 is 5.54 Å². The molecule has 106 valence electrons.